The summed E-state index contributed by atoms with van der Waals surface area (Å²) in [6, 6.07) is -0.372. The minimum atomic E-state index is -0.862. The van der Waals surface area contributed by atoms with Crippen LogP contribution in [0, 0.1) is 0 Å². The third kappa shape index (κ3) is 5.72. The van der Waals surface area contributed by atoms with Gasteiger partial charge >= 0.3 is 12.0 Å². The first kappa shape index (κ1) is 16.1. The van der Waals surface area contributed by atoms with Crippen LogP contribution >= 0.6 is 11.8 Å². The number of urea groups is 1. The van der Waals surface area contributed by atoms with Crippen molar-refractivity contribution in [2.24, 2.45) is 0 Å². The van der Waals surface area contributed by atoms with Crippen LogP contribution in [0.25, 0.3) is 0 Å². The Labute approximate surface area is 119 Å². The minimum absolute atomic E-state index is 0.000619. The van der Waals surface area contributed by atoms with Gasteiger partial charge in [0, 0.05) is 30.1 Å². The Morgan fingerprint density at radius 3 is 2.79 bits per heavy atom. The molecule has 2 unspecified atom stereocenters. The highest BCUT2D eigenvalue weighted by Gasteiger charge is 2.25. The molecule has 5 nitrogen and oxygen atoms in total. The number of carboxylic acids is 1. The first-order chi connectivity index (χ1) is 9.06. The van der Waals surface area contributed by atoms with Crippen molar-refractivity contribution in [3.63, 3.8) is 0 Å². The van der Waals surface area contributed by atoms with E-state index in [2.05, 4.69) is 12.2 Å². The molecule has 0 aliphatic carbocycles. The third-order valence-corrected chi connectivity index (χ3v) is 4.64. The molecule has 0 aromatic carbocycles. The van der Waals surface area contributed by atoms with Crippen molar-refractivity contribution in [3.8, 4) is 0 Å². The second-order valence-corrected chi connectivity index (χ2v) is 6.29. The standard InChI is InChI=1S/C13H24N2O3S/c1-3-5-10(8-12(16)17)14-13(18)15-6-7-19-11(4-2)9-15/h10-11H,3-9H2,1-2H3,(H,14,18)(H,16,17). The molecule has 2 atom stereocenters. The summed E-state index contributed by atoms with van der Waals surface area (Å²) >= 11 is 1.91. The second kappa shape index (κ2) is 8.30. The SMILES string of the molecule is CCCC(CC(=O)O)NC(=O)N1CCSC(CC)C1. The van der Waals surface area contributed by atoms with E-state index in [1.807, 2.05) is 23.6 Å². The van der Waals surface area contributed by atoms with Crippen LogP contribution in [0.15, 0.2) is 0 Å². The molecular weight excluding hydrogens is 264 g/mol. The van der Waals surface area contributed by atoms with E-state index in [0.717, 1.165) is 31.7 Å². The lowest BCUT2D eigenvalue weighted by atomic mass is 10.1. The summed E-state index contributed by atoms with van der Waals surface area (Å²) in [5.41, 5.74) is 0. The van der Waals surface area contributed by atoms with Gasteiger partial charge in [0.1, 0.15) is 0 Å². The van der Waals surface area contributed by atoms with Crippen molar-refractivity contribution in [3.05, 3.63) is 0 Å². The molecular formula is C13H24N2O3S. The molecule has 0 aromatic rings. The monoisotopic (exact) mass is 288 g/mol. The number of nitrogens with one attached hydrogen (secondary N) is 1. The molecule has 1 aliphatic heterocycles. The largest absolute Gasteiger partial charge is 0.481 e. The Bertz CT molecular complexity index is 312. The molecule has 1 rings (SSSR count). The summed E-state index contributed by atoms with van der Waals surface area (Å²) in [7, 11) is 0. The van der Waals surface area contributed by atoms with E-state index in [1.54, 1.807) is 0 Å². The average Bonchev–Trinajstić information content (AvgIpc) is 2.38. The molecule has 1 aliphatic rings. The lowest BCUT2D eigenvalue weighted by Crippen LogP contribution is -2.50. The summed E-state index contributed by atoms with van der Waals surface area (Å²) in [5.74, 6) is 0.0999. The topological polar surface area (TPSA) is 69.6 Å². The fraction of sp³-hybridized carbons (Fsp3) is 0.846. The normalized spacial score (nSPS) is 20.9. The molecule has 110 valence electrons. The second-order valence-electron chi connectivity index (χ2n) is 4.88. The molecule has 0 saturated carbocycles. The first-order valence-corrected chi connectivity index (χ1v) is 8.00. The van der Waals surface area contributed by atoms with Crippen molar-refractivity contribution in [2.75, 3.05) is 18.8 Å². The van der Waals surface area contributed by atoms with Gasteiger partial charge in [-0.2, -0.15) is 11.8 Å². The Morgan fingerprint density at radius 1 is 1.47 bits per heavy atom. The number of hydrogen-bond acceptors (Lipinski definition) is 3. The molecule has 19 heavy (non-hydrogen) atoms. The van der Waals surface area contributed by atoms with E-state index < -0.39 is 5.97 Å². The predicted octanol–water partition coefficient (Wildman–Crippen LogP) is 2.17. The zero-order valence-electron chi connectivity index (χ0n) is 11.7. The molecule has 0 bridgehead atoms. The van der Waals surface area contributed by atoms with Gasteiger partial charge in [-0.05, 0) is 12.8 Å². The van der Waals surface area contributed by atoms with E-state index in [4.69, 9.17) is 5.11 Å². The van der Waals surface area contributed by atoms with Crippen LogP contribution in [0.4, 0.5) is 4.79 Å². The van der Waals surface area contributed by atoms with Gasteiger partial charge in [-0.15, -0.1) is 0 Å². The van der Waals surface area contributed by atoms with Gasteiger partial charge in [0.15, 0.2) is 0 Å². The highest BCUT2D eigenvalue weighted by molar-refractivity contribution is 8.00. The van der Waals surface area contributed by atoms with E-state index in [0.29, 0.717) is 11.7 Å². The van der Waals surface area contributed by atoms with Gasteiger partial charge in [0.25, 0.3) is 0 Å². The van der Waals surface area contributed by atoms with Gasteiger partial charge in [-0.25, -0.2) is 4.79 Å². The van der Waals surface area contributed by atoms with E-state index >= 15 is 0 Å². The van der Waals surface area contributed by atoms with Gasteiger partial charge in [0.2, 0.25) is 0 Å². The number of amides is 2. The third-order valence-electron chi connectivity index (χ3n) is 3.27. The lowest BCUT2D eigenvalue weighted by Gasteiger charge is -2.33. The maximum atomic E-state index is 12.1. The van der Waals surface area contributed by atoms with Crippen LogP contribution in [-0.4, -0.2) is 52.1 Å². The smallest absolute Gasteiger partial charge is 0.317 e. The maximum absolute atomic E-state index is 12.1. The lowest BCUT2D eigenvalue weighted by molar-refractivity contribution is -0.137. The van der Waals surface area contributed by atoms with Gasteiger partial charge in [-0.3, -0.25) is 4.79 Å². The fourth-order valence-electron chi connectivity index (χ4n) is 2.20. The van der Waals surface area contributed by atoms with Crippen LogP contribution in [-0.2, 0) is 4.79 Å². The fourth-order valence-corrected chi connectivity index (χ4v) is 3.38. The number of nitrogens with zero attached hydrogens (tertiary/aromatic N) is 1. The van der Waals surface area contributed by atoms with Crippen molar-refractivity contribution in [1.82, 2.24) is 10.2 Å². The zero-order chi connectivity index (χ0) is 14.3. The van der Waals surface area contributed by atoms with Gasteiger partial charge in [-0.1, -0.05) is 20.3 Å². The predicted molar refractivity (Wildman–Crippen MR) is 77.6 cm³/mol. The Morgan fingerprint density at radius 2 is 2.21 bits per heavy atom. The van der Waals surface area contributed by atoms with Crippen molar-refractivity contribution in [2.45, 2.75) is 50.8 Å². The summed E-state index contributed by atoms with van der Waals surface area (Å²) < 4.78 is 0. The molecule has 0 spiro atoms. The molecule has 1 heterocycles. The first-order valence-electron chi connectivity index (χ1n) is 6.95. The number of aliphatic carboxylic acids is 1. The number of thioether (sulfide) groups is 1. The van der Waals surface area contributed by atoms with Gasteiger partial charge < -0.3 is 15.3 Å². The number of carbonyl (C=O) groups excluding carboxylic acids is 1. The van der Waals surface area contributed by atoms with Crippen LogP contribution in [0.3, 0.4) is 0 Å². The molecule has 0 aromatic heterocycles. The summed E-state index contributed by atoms with van der Waals surface area (Å²) in [5, 5.41) is 12.2. The Hall–Kier alpha value is -0.910. The maximum Gasteiger partial charge on any atom is 0.317 e. The molecule has 6 heteroatoms. The Balaban J connectivity index is 2.48. The number of rotatable bonds is 6. The summed E-state index contributed by atoms with van der Waals surface area (Å²) in [6.07, 6.45) is 2.63. The summed E-state index contributed by atoms with van der Waals surface area (Å²) in [4.78, 5) is 24.7. The van der Waals surface area contributed by atoms with E-state index in [-0.39, 0.29) is 18.5 Å². The molecule has 2 amide bonds. The van der Waals surface area contributed by atoms with Crippen molar-refractivity contribution >= 4 is 23.8 Å². The summed E-state index contributed by atoms with van der Waals surface area (Å²) in [6.45, 7) is 5.63. The Kier molecular flexibility index (Phi) is 7.05. The van der Waals surface area contributed by atoms with Crippen LogP contribution in [0.5, 0.6) is 0 Å². The van der Waals surface area contributed by atoms with E-state index in [9.17, 15) is 9.59 Å². The average molecular weight is 288 g/mol. The van der Waals surface area contributed by atoms with Crippen molar-refractivity contribution in [1.29, 1.82) is 0 Å². The number of hydrogen-bond donors (Lipinski definition) is 2. The number of carboxylic acid groups (broad SMARTS) is 1. The molecule has 1 fully saturated rings. The van der Waals surface area contributed by atoms with E-state index in [1.165, 1.54) is 0 Å². The van der Waals surface area contributed by atoms with Crippen LogP contribution in [0.1, 0.15) is 39.5 Å². The van der Waals surface area contributed by atoms with Crippen LogP contribution < -0.4 is 5.32 Å². The highest BCUT2D eigenvalue weighted by Crippen LogP contribution is 2.21. The zero-order valence-corrected chi connectivity index (χ0v) is 12.5. The van der Waals surface area contributed by atoms with Crippen LogP contribution in [0.2, 0.25) is 0 Å². The highest BCUT2D eigenvalue weighted by atomic mass is 32.2. The molecule has 0 radical (unpaired) electrons. The van der Waals surface area contributed by atoms with Crippen molar-refractivity contribution < 1.29 is 14.7 Å². The quantitative estimate of drug-likeness (QED) is 0.786. The molecule has 2 N–H and O–H groups in total. The van der Waals surface area contributed by atoms with Gasteiger partial charge in [0.05, 0.1) is 6.42 Å². The molecule has 1 saturated heterocycles. The minimum Gasteiger partial charge on any atom is -0.481 e. The number of carbonyl (C=O) groups is 2.